The molecular weight excluding hydrogens is 256 g/mol. The van der Waals surface area contributed by atoms with Gasteiger partial charge in [0.05, 0.1) is 19.8 Å². The normalized spacial score (nSPS) is 15.0. The molecule has 110 valence electrons. The number of hydrogen-bond donors (Lipinski definition) is 1. The maximum atomic E-state index is 11.8. The van der Waals surface area contributed by atoms with Gasteiger partial charge in [-0.3, -0.25) is 0 Å². The summed E-state index contributed by atoms with van der Waals surface area (Å²) in [5, 5.41) is 2.86. The van der Waals surface area contributed by atoms with E-state index in [0.29, 0.717) is 39.5 Å². The number of hydrogen-bond acceptors (Lipinski definition) is 3. The van der Waals surface area contributed by atoms with Crippen LogP contribution in [0.4, 0.5) is 4.79 Å². The zero-order valence-electron chi connectivity index (χ0n) is 12.1. The van der Waals surface area contributed by atoms with Crippen molar-refractivity contribution >= 4 is 6.03 Å². The van der Waals surface area contributed by atoms with E-state index in [1.54, 1.807) is 4.90 Å². The van der Waals surface area contributed by atoms with E-state index in [1.165, 1.54) is 5.56 Å². The molecule has 0 atom stereocenters. The molecule has 1 fully saturated rings. The molecule has 1 saturated heterocycles. The second-order valence-electron chi connectivity index (χ2n) is 4.88. The topological polar surface area (TPSA) is 50.8 Å². The Morgan fingerprint density at radius 3 is 2.85 bits per heavy atom. The number of nitrogens with one attached hydrogen (secondary N) is 1. The smallest absolute Gasteiger partial charge is 0.317 e. The number of carbonyl (C=O) groups excluding carboxylic acids is 1. The number of amides is 2. The molecule has 1 heterocycles. The summed E-state index contributed by atoms with van der Waals surface area (Å²) in [4.78, 5) is 13.6. The van der Waals surface area contributed by atoms with Gasteiger partial charge in [-0.05, 0) is 31.0 Å². The van der Waals surface area contributed by atoms with Gasteiger partial charge in [-0.2, -0.15) is 0 Å². The molecule has 0 aliphatic carbocycles. The van der Waals surface area contributed by atoms with Crippen LogP contribution in [0.2, 0.25) is 0 Å². The predicted octanol–water partition coefficient (Wildman–Crippen LogP) is 1.72. The quantitative estimate of drug-likeness (QED) is 0.853. The Labute approximate surface area is 119 Å². The van der Waals surface area contributed by atoms with Crippen molar-refractivity contribution in [3.63, 3.8) is 0 Å². The summed E-state index contributed by atoms with van der Waals surface area (Å²) >= 11 is 0. The van der Waals surface area contributed by atoms with Gasteiger partial charge in [-0.15, -0.1) is 0 Å². The summed E-state index contributed by atoms with van der Waals surface area (Å²) in [6.07, 6.45) is 0. The van der Waals surface area contributed by atoms with Crippen molar-refractivity contribution in [2.45, 2.75) is 13.8 Å². The fourth-order valence-corrected chi connectivity index (χ4v) is 2.08. The fourth-order valence-electron chi connectivity index (χ4n) is 2.08. The summed E-state index contributed by atoms with van der Waals surface area (Å²) in [5.74, 6) is 0.880. The van der Waals surface area contributed by atoms with Crippen LogP contribution < -0.4 is 10.1 Å². The molecule has 1 aliphatic heterocycles. The molecular formula is C15H22N2O3. The molecule has 2 amide bonds. The van der Waals surface area contributed by atoms with Crippen molar-refractivity contribution in [3.8, 4) is 5.75 Å². The van der Waals surface area contributed by atoms with Gasteiger partial charge in [0.25, 0.3) is 0 Å². The number of rotatable bonds is 4. The summed E-state index contributed by atoms with van der Waals surface area (Å²) < 4.78 is 10.9. The summed E-state index contributed by atoms with van der Waals surface area (Å²) in [6.45, 7) is 7.62. The van der Waals surface area contributed by atoms with Crippen LogP contribution >= 0.6 is 0 Å². The highest BCUT2D eigenvalue weighted by Crippen LogP contribution is 2.20. The molecule has 1 aromatic carbocycles. The lowest BCUT2D eigenvalue weighted by molar-refractivity contribution is 0.0530. The van der Waals surface area contributed by atoms with E-state index >= 15 is 0 Å². The molecule has 1 aliphatic rings. The van der Waals surface area contributed by atoms with E-state index in [4.69, 9.17) is 9.47 Å². The van der Waals surface area contributed by atoms with E-state index in [1.807, 2.05) is 19.1 Å². The molecule has 5 heteroatoms. The predicted molar refractivity (Wildman–Crippen MR) is 77.2 cm³/mol. The Morgan fingerprint density at radius 1 is 1.35 bits per heavy atom. The molecule has 0 unspecified atom stereocenters. The number of morpholine rings is 1. The van der Waals surface area contributed by atoms with Crippen molar-refractivity contribution < 1.29 is 14.3 Å². The first-order valence-corrected chi connectivity index (χ1v) is 6.98. The highest BCUT2D eigenvalue weighted by atomic mass is 16.5. The van der Waals surface area contributed by atoms with Crippen LogP contribution in [-0.2, 0) is 4.74 Å². The average molecular weight is 278 g/mol. The maximum Gasteiger partial charge on any atom is 0.317 e. The number of nitrogens with zero attached hydrogens (tertiary/aromatic N) is 1. The van der Waals surface area contributed by atoms with E-state index in [2.05, 4.69) is 18.3 Å². The summed E-state index contributed by atoms with van der Waals surface area (Å²) in [6, 6.07) is 5.94. The van der Waals surface area contributed by atoms with Crippen molar-refractivity contribution in [2.75, 3.05) is 39.5 Å². The second-order valence-corrected chi connectivity index (χ2v) is 4.88. The third-order valence-electron chi connectivity index (χ3n) is 3.49. The maximum absolute atomic E-state index is 11.8. The van der Waals surface area contributed by atoms with Crippen molar-refractivity contribution in [2.24, 2.45) is 0 Å². The summed E-state index contributed by atoms with van der Waals surface area (Å²) in [7, 11) is 0. The lowest BCUT2D eigenvalue weighted by atomic mass is 10.1. The molecule has 0 bridgehead atoms. The molecule has 0 radical (unpaired) electrons. The van der Waals surface area contributed by atoms with Gasteiger partial charge in [-0.25, -0.2) is 4.79 Å². The van der Waals surface area contributed by atoms with E-state index in [9.17, 15) is 4.79 Å². The number of carbonyl (C=O) groups is 1. The third-order valence-corrected chi connectivity index (χ3v) is 3.49. The van der Waals surface area contributed by atoms with Crippen LogP contribution in [0, 0.1) is 13.8 Å². The van der Waals surface area contributed by atoms with Crippen molar-refractivity contribution in [3.05, 3.63) is 29.3 Å². The van der Waals surface area contributed by atoms with Crippen LogP contribution in [0.5, 0.6) is 5.75 Å². The number of ether oxygens (including phenoxy) is 2. The van der Waals surface area contributed by atoms with E-state index in [-0.39, 0.29) is 6.03 Å². The first-order chi connectivity index (χ1) is 9.68. The minimum Gasteiger partial charge on any atom is -0.491 e. The van der Waals surface area contributed by atoms with E-state index in [0.717, 1.165) is 11.3 Å². The highest BCUT2D eigenvalue weighted by molar-refractivity contribution is 5.74. The van der Waals surface area contributed by atoms with Crippen LogP contribution in [0.1, 0.15) is 11.1 Å². The number of aryl methyl sites for hydroxylation is 1. The second kappa shape index (κ2) is 7.14. The molecule has 0 spiro atoms. The average Bonchev–Trinajstić information content (AvgIpc) is 2.48. The minimum absolute atomic E-state index is 0.0436. The Hall–Kier alpha value is -1.75. The molecule has 0 aromatic heterocycles. The highest BCUT2D eigenvalue weighted by Gasteiger charge is 2.15. The van der Waals surface area contributed by atoms with Gasteiger partial charge >= 0.3 is 6.03 Å². The molecule has 1 N–H and O–H groups in total. The van der Waals surface area contributed by atoms with Crippen LogP contribution in [-0.4, -0.2) is 50.4 Å². The molecule has 20 heavy (non-hydrogen) atoms. The number of benzene rings is 1. The van der Waals surface area contributed by atoms with Gasteiger partial charge in [0.1, 0.15) is 12.4 Å². The van der Waals surface area contributed by atoms with Crippen LogP contribution in [0.3, 0.4) is 0 Å². The third kappa shape index (κ3) is 3.87. The molecule has 1 aromatic rings. The fraction of sp³-hybridized carbons (Fsp3) is 0.533. The van der Waals surface area contributed by atoms with Crippen molar-refractivity contribution in [1.29, 1.82) is 0 Å². The van der Waals surface area contributed by atoms with Gasteiger partial charge in [-0.1, -0.05) is 12.1 Å². The first-order valence-electron chi connectivity index (χ1n) is 6.98. The zero-order chi connectivity index (χ0) is 14.4. The molecule has 5 nitrogen and oxygen atoms in total. The Kier molecular flexibility index (Phi) is 5.24. The van der Waals surface area contributed by atoms with Gasteiger partial charge in [0, 0.05) is 13.1 Å². The van der Waals surface area contributed by atoms with Crippen LogP contribution in [0.25, 0.3) is 0 Å². The Bertz CT molecular complexity index is 456. The zero-order valence-corrected chi connectivity index (χ0v) is 12.1. The largest absolute Gasteiger partial charge is 0.491 e. The number of urea groups is 1. The van der Waals surface area contributed by atoms with E-state index < -0.39 is 0 Å². The molecule has 2 rings (SSSR count). The molecule has 0 saturated carbocycles. The van der Waals surface area contributed by atoms with Gasteiger partial charge in [0.2, 0.25) is 0 Å². The van der Waals surface area contributed by atoms with Gasteiger partial charge in [0.15, 0.2) is 0 Å². The van der Waals surface area contributed by atoms with Crippen molar-refractivity contribution in [1.82, 2.24) is 10.2 Å². The monoisotopic (exact) mass is 278 g/mol. The lowest BCUT2D eigenvalue weighted by Gasteiger charge is -2.26. The Balaban J connectivity index is 1.70. The minimum atomic E-state index is -0.0436. The van der Waals surface area contributed by atoms with Crippen LogP contribution in [0.15, 0.2) is 18.2 Å². The SMILES string of the molecule is Cc1cccc(OCCNC(=O)N2CCOCC2)c1C. The lowest BCUT2D eigenvalue weighted by Crippen LogP contribution is -2.47. The Morgan fingerprint density at radius 2 is 2.10 bits per heavy atom. The first kappa shape index (κ1) is 14.7. The van der Waals surface area contributed by atoms with Gasteiger partial charge < -0.3 is 19.7 Å². The summed E-state index contributed by atoms with van der Waals surface area (Å²) in [5.41, 5.74) is 2.35. The standard InChI is InChI=1S/C15H22N2O3/c1-12-4-3-5-14(13(12)2)20-9-6-16-15(18)17-7-10-19-11-8-17/h3-5H,6-11H2,1-2H3,(H,16,18).